The topological polar surface area (TPSA) is 140 Å². The quantitative estimate of drug-likeness (QED) is 0.203. The molecular weight excluding hydrogens is 550 g/mol. The number of hydrogen-bond donors (Lipinski definition) is 4. The van der Waals surface area contributed by atoms with Crippen molar-refractivity contribution in [3.63, 3.8) is 0 Å². The zero-order valence-electron chi connectivity index (χ0n) is 24.2. The van der Waals surface area contributed by atoms with Crippen LogP contribution in [0.25, 0.3) is 0 Å². The van der Waals surface area contributed by atoms with Gasteiger partial charge < -0.3 is 5.32 Å². The minimum atomic E-state index is -4.08. The Hall–Kier alpha value is -3.29. The van der Waals surface area contributed by atoms with Gasteiger partial charge in [-0.05, 0) is 71.6 Å². The minimum Gasteiger partial charge on any atom is -0.326 e. The fourth-order valence-corrected chi connectivity index (χ4v) is 6.96. The number of hydrazine groups is 1. The Balaban J connectivity index is 2.09. The summed E-state index contributed by atoms with van der Waals surface area (Å²) in [6.45, 7) is 15.2. The Morgan fingerprint density at radius 1 is 0.850 bits per heavy atom. The first-order valence-electron chi connectivity index (χ1n) is 13.0. The van der Waals surface area contributed by atoms with Crippen molar-refractivity contribution in [1.82, 2.24) is 5.43 Å². The van der Waals surface area contributed by atoms with Crippen LogP contribution < -0.4 is 20.9 Å². The van der Waals surface area contributed by atoms with Crippen molar-refractivity contribution in [3.05, 3.63) is 47.5 Å². The molecule has 0 aromatic heterocycles. The SMILES string of the molecule is CC(C)(C)CC(C)(C)CC(C)(C)CC(=O)Nc1ccc(Cl)c(S(=O)(=O)Nc2ccc(NNC(=O)CC#N)cc2)c1. The molecule has 4 N–H and O–H groups in total. The van der Waals surface area contributed by atoms with E-state index < -0.39 is 15.9 Å². The summed E-state index contributed by atoms with van der Waals surface area (Å²) in [6.07, 6.45) is 1.86. The molecule has 2 rings (SSSR count). The van der Waals surface area contributed by atoms with Crippen LogP contribution >= 0.6 is 11.6 Å². The molecule has 0 heterocycles. The first-order valence-corrected chi connectivity index (χ1v) is 14.8. The Kier molecular flexibility index (Phi) is 10.6. The number of nitriles is 1. The number of hydrogen-bond acceptors (Lipinski definition) is 6. The van der Waals surface area contributed by atoms with Gasteiger partial charge in [-0.3, -0.25) is 25.2 Å². The largest absolute Gasteiger partial charge is 0.326 e. The molecule has 11 heteroatoms. The van der Waals surface area contributed by atoms with E-state index in [9.17, 15) is 18.0 Å². The number of halogens is 1. The number of anilines is 3. The van der Waals surface area contributed by atoms with E-state index in [1.807, 2.05) is 0 Å². The first-order chi connectivity index (χ1) is 18.3. The van der Waals surface area contributed by atoms with Crippen molar-refractivity contribution < 1.29 is 18.0 Å². The molecule has 0 aliphatic carbocycles. The summed E-state index contributed by atoms with van der Waals surface area (Å²) < 4.78 is 28.7. The second-order valence-corrected chi connectivity index (χ2v) is 14.9. The van der Waals surface area contributed by atoms with Crippen LogP contribution in [-0.4, -0.2) is 20.2 Å². The molecule has 2 amide bonds. The van der Waals surface area contributed by atoms with Crippen LogP contribution in [0.1, 0.15) is 74.1 Å². The Labute approximate surface area is 243 Å². The normalized spacial score (nSPS) is 12.3. The summed E-state index contributed by atoms with van der Waals surface area (Å²) in [5.41, 5.74) is 6.03. The summed E-state index contributed by atoms with van der Waals surface area (Å²) in [7, 11) is -4.08. The van der Waals surface area contributed by atoms with Crippen molar-refractivity contribution in [2.45, 2.75) is 79.0 Å². The number of carbonyl (C=O) groups is 2. The third-order valence-electron chi connectivity index (χ3n) is 5.83. The maximum Gasteiger partial charge on any atom is 0.263 e. The molecule has 0 bridgehead atoms. The third-order valence-corrected chi connectivity index (χ3v) is 7.70. The van der Waals surface area contributed by atoms with Gasteiger partial charge >= 0.3 is 0 Å². The number of carbonyl (C=O) groups excluding carboxylic acids is 2. The molecule has 0 saturated carbocycles. The van der Waals surface area contributed by atoms with Crippen molar-refractivity contribution >= 4 is 50.5 Å². The van der Waals surface area contributed by atoms with E-state index in [2.05, 4.69) is 69.4 Å². The zero-order valence-corrected chi connectivity index (χ0v) is 25.8. The van der Waals surface area contributed by atoms with Gasteiger partial charge in [0.25, 0.3) is 15.9 Å². The van der Waals surface area contributed by atoms with Crippen LogP contribution in [0, 0.1) is 27.6 Å². The summed E-state index contributed by atoms with van der Waals surface area (Å²) >= 11 is 6.23. The van der Waals surface area contributed by atoms with Gasteiger partial charge in [-0.25, -0.2) is 8.42 Å². The van der Waals surface area contributed by atoms with Crippen molar-refractivity contribution in [2.24, 2.45) is 16.2 Å². The van der Waals surface area contributed by atoms with Crippen LogP contribution in [0.5, 0.6) is 0 Å². The van der Waals surface area contributed by atoms with Crippen molar-refractivity contribution in [1.29, 1.82) is 5.26 Å². The van der Waals surface area contributed by atoms with Gasteiger partial charge in [-0.1, -0.05) is 60.1 Å². The minimum absolute atomic E-state index is 0.00764. The molecule has 0 spiro atoms. The molecule has 218 valence electrons. The van der Waals surface area contributed by atoms with E-state index >= 15 is 0 Å². The van der Waals surface area contributed by atoms with E-state index in [1.54, 1.807) is 24.3 Å². The Bertz CT molecular complexity index is 1360. The lowest BCUT2D eigenvalue weighted by atomic mass is 9.67. The lowest BCUT2D eigenvalue weighted by molar-refractivity contribution is -0.120. The molecule has 0 fully saturated rings. The van der Waals surface area contributed by atoms with E-state index in [0.717, 1.165) is 12.8 Å². The maximum atomic E-state index is 13.1. The number of sulfonamides is 1. The van der Waals surface area contributed by atoms with E-state index in [-0.39, 0.29) is 50.6 Å². The summed E-state index contributed by atoms with van der Waals surface area (Å²) in [5, 5.41) is 11.4. The molecule has 2 aromatic carbocycles. The van der Waals surface area contributed by atoms with Gasteiger partial charge in [0.1, 0.15) is 11.3 Å². The van der Waals surface area contributed by atoms with Gasteiger partial charge in [0.15, 0.2) is 0 Å². The van der Waals surface area contributed by atoms with Crippen LogP contribution in [0.15, 0.2) is 47.4 Å². The monoisotopic (exact) mass is 589 g/mol. The van der Waals surface area contributed by atoms with E-state index in [1.165, 1.54) is 24.3 Å². The van der Waals surface area contributed by atoms with Crippen LogP contribution in [0.2, 0.25) is 5.02 Å². The van der Waals surface area contributed by atoms with Crippen LogP contribution in [0.3, 0.4) is 0 Å². The fraction of sp³-hybridized carbons (Fsp3) is 0.483. The average molecular weight is 590 g/mol. The molecule has 9 nitrogen and oxygen atoms in total. The first kappa shape index (κ1) is 32.9. The number of amides is 2. The standard InChI is InChI=1S/C29H40ClN5O4S/c1-27(2,3)18-29(6,7)19-28(4,5)17-26(37)32-22-12-13-23(30)24(16-22)40(38,39)35-21-10-8-20(9-11-21)33-34-25(36)14-15-31/h8-13,16,33,35H,14,17-19H2,1-7H3,(H,32,37)(H,34,36). The van der Waals surface area contributed by atoms with Gasteiger partial charge in [0, 0.05) is 17.8 Å². The number of rotatable bonds is 12. The molecule has 0 saturated heterocycles. The zero-order chi connectivity index (χ0) is 30.4. The summed E-state index contributed by atoms with van der Waals surface area (Å²) in [4.78, 5) is 24.2. The highest BCUT2D eigenvalue weighted by Crippen LogP contribution is 2.43. The lowest BCUT2D eigenvalue weighted by Gasteiger charge is -2.38. The molecular formula is C29H40ClN5O4S. The predicted molar refractivity (Wildman–Crippen MR) is 160 cm³/mol. The van der Waals surface area contributed by atoms with E-state index in [0.29, 0.717) is 11.4 Å². The van der Waals surface area contributed by atoms with Gasteiger partial charge in [0.05, 0.1) is 16.8 Å². The predicted octanol–water partition coefficient (Wildman–Crippen LogP) is 6.70. The van der Waals surface area contributed by atoms with Gasteiger partial charge in [-0.15, -0.1) is 0 Å². The van der Waals surface area contributed by atoms with Gasteiger partial charge in [0.2, 0.25) is 5.91 Å². The molecule has 0 atom stereocenters. The Morgan fingerprint density at radius 2 is 1.43 bits per heavy atom. The lowest BCUT2D eigenvalue weighted by Crippen LogP contribution is -2.30. The highest BCUT2D eigenvalue weighted by atomic mass is 35.5. The highest BCUT2D eigenvalue weighted by Gasteiger charge is 2.33. The van der Waals surface area contributed by atoms with Crippen LogP contribution in [-0.2, 0) is 19.6 Å². The second kappa shape index (κ2) is 12.9. The molecule has 2 aromatic rings. The van der Waals surface area contributed by atoms with Crippen molar-refractivity contribution in [3.8, 4) is 6.07 Å². The number of nitrogens with one attached hydrogen (secondary N) is 4. The molecule has 40 heavy (non-hydrogen) atoms. The molecule has 0 unspecified atom stereocenters. The third kappa shape index (κ3) is 11.1. The van der Waals surface area contributed by atoms with Crippen LogP contribution in [0.4, 0.5) is 17.1 Å². The van der Waals surface area contributed by atoms with Gasteiger partial charge in [-0.2, -0.15) is 5.26 Å². The summed E-state index contributed by atoms with van der Waals surface area (Å²) in [5.74, 6) is -0.707. The second-order valence-electron chi connectivity index (χ2n) is 12.8. The molecule has 0 radical (unpaired) electrons. The summed E-state index contributed by atoms with van der Waals surface area (Å²) in [6, 6.07) is 12.2. The average Bonchev–Trinajstić information content (AvgIpc) is 2.76. The van der Waals surface area contributed by atoms with E-state index in [4.69, 9.17) is 16.9 Å². The van der Waals surface area contributed by atoms with Crippen molar-refractivity contribution in [2.75, 3.05) is 15.5 Å². The highest BCUT2D eigenvalue weighted by molar-refractivity contribution is 7.92. The number of nitrogens with zero attached hydrogens (tertiary/aromatic N) is 1. The Morgan fingerprint density at radius 3 is 2.00 bits per heavy atom. The smallest absolute Gasteiger partial charge is 0.263 e. The molecule has 0 aliphatic rings. The fourth-order valence-electron chi connectivity index (χ4n) is 5.37. The molecule has 0 aliphatic heterocycles. The maximum absolute atomic E-state index is 13.1. The number of benzene rings is 2.